The van der Waals surface area contributed by atoms with Gasteiger partial charge in [0.05, 0.1) is 31.0 Å². The molecule has 3 aromatic carbocycles. The monoisotopic (exact) mass is 676 g/mol. The SMILES string of the molecule is COc1ccc(CN(c2nc3ccc(Br)cc3s2)S(=O)(=O)c2ccc(N[C@H]3CCCC[C@@H]3N(C)C)cc2F)c(OC)c1. The van der Waals surface area contributed by atoms with Crippen molar-refractivity contribution in [3.8, 4) is 11.5 Å². The molecule has 12 heteroatoms. The Hall–Kier alpha value is -2.93. The number of aromatic nitrogens is 1. The summed E-state index contributed by atoms with van der Waals surface area (Å²) in [6, 6.07) is 15.4. The highest BCUT2D eigenvalue weighted by atomic mass is 79.9. The van der Waals surface area contributed by atoms with E-state index in [-0.39, 0.29) is 17.7 Å². The zero-order valence-electron chi connectivity index (χ0n) is 23.9. The molecule has 1 fully saturated rings. The number of likely N-dealkylation sites (N-methyl/N-ethyl adjacent to an activating group) is 1. The summed E-state index contributed by atoms with van der Waals surface area (Å²) in [7, 11) is 2.76. The number of sulfonamides is 1. The van der Waals surface area contributed by atoms with Gasteiger partial charge >= 0.3 is 0 Å². The van der Waals surface area contributed by atoms with Crippen LogP contribution in [0.25, 0.3) is 10.2 Å². The summed E-state index contributed by atoms with van der Waals surface area (Å²) in [5.41, 5.74) is 1.77. The van der Waals surface area contributed by atoms with Gasteiger partial charge in [0.1, 0.15) is 22.2 Å². The van der Waals surface area contributed by atoms with E-state index >= 15 is 4.39 Å². The molecule has 1 aliphatic rings. The molecule has 42 heavy (non-hydrogen) atoms. The van der Waals surface area contributed by atoms with Gasteiger partial charge < -0.3 is 19.7 Å². The van der Waals surface area contributed by atoms with Gasteiger partial charge in [-0.25, -0.2) is 22.1 Å². The Bertz CT molecular complexity index is 1680. The van der Waals surface area contributed by atoms with Gasteiger partial charge in [0.15, 0.2) is 0 Å². The van der Waals surface area contributed by atoms with Crippen LogP contribution in [0.4, 0.5) is 15.2 Å². The van der Waals surface area contributed by atoms with E-state index in [1.54, 1.807) is 31.4 Å². The van der Waals surface area contributed by atoms with E-state index in [2.05, 4.69) is 31.1 Å². The Morgan fingerprint density at radius 1 is 1.05 bits per heavy atom. The van der Waals surface area contributed by atoms with Gasteiger partial charge in [-0.2, -0.15) is 0 Å². The molecule has 2 atom stereocenters. The van der Waals surface area contributed by atoms with Crippen molar-refractivity contribution in [1.29, 1.82) is 0 Å². The molecule has 0 radical (unpaired) electrons. The Morgan fingerprint density at radius 2 is 1.83 bits per heavy atom. The van der Waals surface area contributed by atoms with Crippen LogP contribution in [0.2, 0.25) is 0 Å². The van der Waals surface area contributed by atoms with E-state index in [1.165, 1.54) is 30.6 Å². The van der Waals surface area contributed by atoms with Crippen molar-refractivity contribution in [2.75, 3.05) is 37.9 Å². The first-order chi connectivity index (χ1) is 20.1. The minimum absolute atomic E-state index is 0.122. The lowest BCUT2D eigenvalue weighted by Crippen LogP contribution is -2.45. The molecule has 0 saturated heterocycles. The van der Waals surface area contributed by atoms with E-state index in [0.717, 1.165) is 39.2 Å². The summed E-state index contributed by atoms with van der Waals surface area (Å²) in [5, 5.41) is 3.67. The normalized spacial score (nSPS) is 17.4. The molecule has 1 heterocycles. The Morgan fingerprint density at radius 3 is 2.55 bits per heavy atom. The maximum Gasteiger partial charge on any atom is 0.269 e. The maximum atomic E-state index is 15.8. The van der Waals surface area contributed by atoms with E-state index < -0.39 is 20.7 Å². The smallest absolute Gasteiger partial charge is 0.269 e. The van der Waals surface area contributed by atoms with E-state index in [4.69, 9.17) is 9.47 Å². The van der Waals surface area contributed by atoms with Crippen molar-refractivity contribution in [3.05, 3.63) is 70.5 Å². The summed E-state index contributed by atoms with van der Waals surface area (Å²) in [4.78, 5) is 6.39. The second-order valence-corrected chi connectivity index (χ2v) is 14.3. The lowest BCUT2D eigenvalue weighted by atomic mass is 9.89. The molecular weight excluding hydrogens is 643 g/mol. The van der Waals surface area contributed by atoms with E-state index in [1.807, 2.05) is 32.3 Å². The molecule has 1 aliphatic carbocycles. The van der Waals surface area contributed by atoms with Crippen molar-refractivity contribution in [3.63, 3.8) is 0 Å². The minimum Gasteiger partial charge on any atom is -0.497 e. The van der Waals surface area contributed by atoms with Gasteiger partial charge in [-0.05, 0) is 75.5 Å². The molecule has 0 spiro atoms. The van der Waals surface area contributed by atoms with Gasteiger partial charge in [0.25, 0.3) is 10.0 Å². The topological polar surface area (TPSA) is 84.0 Å². The number of methoxy groups -OCH3 is 2. The van der Waals surface area contributed by atoms with Gasteiger partial charge in [0, 0.05) is 33.9 Å². The van der Waals surface area contributed by atoms with Crippen LogP contribution in [0.1, 0.15) is 31.2 Å². The van der Waals surface area contributed by atoms with Crippen LogP contribution in [0.5, 0.6) is 11.5 Å². The lowest BCUT2D eigenvalue weighted by molar-refractivity contribution is 0.211. The molecule has 0 unspecified atom stereocenters. The van der Waals surface area contributed by atoms with E-state index in [0.29, 0.717) is 34.3 Å². The molecule has 1 N–H and O–H groups in total. The average molecular weight is 678 g/mol. The zero-order valence-corrected chi connectivity index (χ0v) is 27.2. The van der Waals surface area contributed by atoms with Crippen molar-refractivity contribution in [2.24, 2.45) is 0 Å². The molecule has 0 amide bonds. The van der Waals surface area contributed by atoms with Gasteiger partial charge in [-0.3, -0.25) is 0 Å². The van der Waals surface area contributed by atoms with Crippen molar-refractivity contribution in [1.82, 2.24) is 9.88 Å². The molecule has 5 rings (SSSR count). The number of nitrogens with zero attached hydrogens (tertiary/aromatic N) is 3. The minimum atomic E-state index is -4.38. The third-order valence-electron chi connectivity index (χ3n) is 7.61. The fraction of sp³-hybridized carbons (Fsp3) is 0.367. The quantitative estimate of drug-likeness (QED) is 0.196. The molecule has 1 saturated carbocycles. The van der Waals surface area contributed by atoms with Gasteiger partial charge in [0.2, 0.25) is 5.13 Å². The second-order valence-electron chi connectivity index (χ2n) is 10.5. The predicted octanol–water partition coefficient (Wildman–Crippen LogP) is 6.90. The molecule has 224 valence electrons. The number of rotatable bonds is 10. The molecule has 1 aromatic heterocycles. The number of nitrogens with one attached hydrogen (secondary N) is 1. The van der Waals surface area contributed by atoms with Crippen molar-refractivity contribution in [2.45, 2.75) is 49.2 Å². The maximum absolute atomic E-state index is 15.8. The highest BCUT2D eigenvalue weighted by molar-refractivity contribution is 9.10. The van der Waals surface area contributed by atoms with Crippen LogP contribution in [-0.4, -0.2) is 58.7 Å². The fourth-order valence-corrected chi connectivity index (χ4v) is 8.58. The van der Waals surface area contributed by atoms with Crippen LogP contribution >= 0.6 is 27.3 Å². The van der Waals surface area contributed by atoms with Crippen LogP contribution in [0.3, 0.4) is 0 Å². The second kappa shape index (κ2) is 12.7. The van der Waals surface area contributed by atoms with E-state index in [9.17, 15) is 8.42 Å². The standard InChI is InChI=1S/C30H34BrFN4O4S2/c1-35(2)26-8-6-5-7-24(26)33-21-11-14-29(23(32)16-21)42(37,38)36(18-19-9-12-22(39-3)17-27(19)40-4)30-34-25-13-10-20(31)15-28(25)41-30/h9-17,24,26,33H,5-8,18H2,1-4H3/t24-,26-/m0/s1. The summed E-state index contributed by atoms with van der Waals surface area (Å²) in [6.07, 6.45) is 4.28. The number of hydrogen-bond donors (Lipinski definition) is 1. The third kappa shape index (κ3) is 6.36. The van der Waals surface area contributed by atoms with Crippen LogP contribution in [0, 0.1) is 5.82 Å². The predicted molar refractivity (Wildman–Crippen MR) is 170 cm³/mol. The number of benzene rings is 3. The number of hydrogen-bond acceptors (Lipinski definition) is 8. The molecule has 0 bridgehead atoms. The summed E-state index contributed by atoms with van der Waals surface area (Å²) in [5.74, 6) is 0.188. The Kier molecular flexibility index (Phi) is 9.26. The number of halogens is 2. The number of thiazole rings is 1. The number of anilines is 2. The van der Waals surface area contributed by atoms with Crippen LogP contribution in [-0.2, 0) is 16.6 Å². The summed E-state index contributed by atoms with van der Waals surface area (Å²) in [6.45, 7) is -0.122. The highest BCUT2D eigenvalue weighted by Gasteiger charge is 2.32. The highest BCUT2D eigenvalue weighted by Crippen LogP contribution is 2.37. The number of ether oxygens (including phenoxy) is 2. The lowest BCUT2D eigenvalue weighted by Gasteiger charge is -2.37. The van der Waals surface area contributed by atoms with Crippen molar-refractivity contribution >= 4 is 58.3 Å². The molecule has 0 aliphatic heterocycles. The number of fused-ring (bicyclic) bond motifs is 1. The summed E-state index contributed by atoms with van der Waals surface area (Å²) >= 11 is 4.68. The Balaban J connectivity index is 1.53. The molecular formula is C30H34BrFN4O4S2. The average Bonchev–Trinajstić information content (AvgIpc) is 3.38. The largest absolute Gasteiger partial charge is 0.497 e. The van der Waals surface area contributed by atoms with Crippen LogP contribution < -0.4 is 19.1 Å². The molecule has 8 nitrogen and oxygen atoms in total. The van der Waals surface area contributed by atoms with Gasteiger partial charge in [-0.15, -0.1) is 0 Å². The first-order valence-electron chi connectivity index (χ1n) is 13.6. The summed E-state index contributed by atoms with van der Waals surface area (Å²) < 4.78 is 57.8. The zero-order chi connectivity index (χ0) is 30.0. The fourth-order valence-electron chi connectivity index (χ4n) is 5.42. The molecule has 4 aromatic rings. The third-order valence-corrected chi connectivity index (χ3v) is 11.0. The first kappa shape index (κ1) is 30.5. The van der Waals surface area contributed by atoms with Gasteiger partial charge in [-0.1, -0.05) is 40.1 Å². The first-order valence-corrected chi connectivity index (χ1v) is 16.7. The van der Waals surface area contributed by atoms with Crippen LogP contribution in [0.15, 0.2) is 64.0 Å². The Labute approximate surface area is 258 Å². The van der Waals surface area contributed by atoms with Crippen molar-refractivity contribution < 1.29 is 22.3 Å².